The second kappa shape index (κ2) is 8.63. The van der Waals surface area contributed by atoms with Crippen molar-refractivity contribution in [3.05, 3.63) is 28.3 Å². The Morgan fingerprint density at radius 3 is 2.52 bits per heavy atom. The number of benzene rings is 1. The topological polar surface area (TPSA) is 139 Å². The van der Waals surface area contributed by atoms with Gasteiger partial charge in [-0.1, -0.05) is 13.8 Å². The van der Waals surface area contributed by atoms with Gasteiger partial charge in [-0.2, -0.15) is 4.31 Å². The second-order valence-electron chi connectivity index (χ2n) is 6.62. The molecule has 1 saturated heterocycles. The first-order valence-corrected chi connectivity index (χ1v) is 9.92. The van der Waals surface area contributed by atoms with Crippen LogP contribution < -0.4 is 5.32 Å². The molecule has 1 aromatic carbocycles. The number of carboxylic acids is 1. The summed E-state index contributed by atoms with van der Waals surface area (Å²) in [6.07, 6.45) is 0.264. The molecule has 150 valence electrons. The lowest BCUT2D eigenvalue weighted by atomic mass is 10.0. The Labute approximate surface area is 157 Å². The van der Waals surface area contributed by atoms with E-state index in [0.717, 1.165) is 6.07 Å². The van der Waals surface area contributed by atoms with Crippen molar-refractivity contribution in [2.75, 3.05) is 31.6 Å². The highest BCUT2D eigenvalue weighted by Crippen LogP contribution is 2.30. The first-order valence-electron chi connectivity index (χ1n) is 8.48. The summed E-state index contributed by atoms with van der Waals surface area (Å²) < 4.78 is 31.7. The minimum absolute atomic E-state index is 0.0334. The van der Waals surface area contributed by atoms with E-state index in [0.29, 0.717) is 0 Å². The molecule has 1 aliphatic rings. The van der Waals surface area contributed by atoms with Crippen LogP contribution in [0.3, 0.4) is 0 Å². The molecule has 0 aromatic heterocycles. The summed E-state index contributed by atoms with van der Waals surface area (Å²) in [6.45, 7) is 4.54. The molecule has 11 heteroatoms. The highest BCUT2D eigenvalue weighted by molar-refractivity contribution is 7.89. The van der Waals surface area contributed by atoms with Crippen LogP contribution in [0.2, 0.25) is 0 Å². The molecule has 0 amide bonds. The fraction of sp³-hybridized carbons (Fsp3) is 0.562. The van der Waals surface area contributed by atoms with Gasteiger partial charge in [-0.3, -0.25) is 10.1 Å². The third kappa shape index (κ3) is 5.15. The van der Waals surface area contributed by atoms with Crippen LogP contribution in [0.5, 0.6) is 0 Å². The Balaban J connectivity index is 2.36. The minimum Gasteiger partial charge on any atom is -0.480 e. The van der Waals surface area contributed by atoms with E-state index in [2.05, 4.69) is 5.32 Å². The Morgan fingerprint density at radius 1 is 1.37 bits per heavy atom. The number of anilines is 1. The van der Waals surface area contributed by atoms with Gasteiger partial charge in [-0.05, 0) is 24.5 Å². The van der Waals surface area contributed by atoms with Gasteiger partial charge in [0.2, 0.25) is 10.0 Å². The van der Waals surface area contributed by atoms with Crippen LogP contribution >= 0.6 is 0 Å². The van der Waals surface area contributed by atoms with Crippen molar-refractivity contribution in [1.82, 2.24) is 4.31 Å². The van der Waals surface area contributed by atoms with Gasteiger partial charge in [0, 0.05) is 19.2 Å². The SMILES string of the molecule is CC(C)CC(Nc1ccc(S(=O)(=O)N2CCOCC2)cc1[N+](=O)[O-])C(=O)O. The number of ether oxygens (including phenoxy) is 1. The second-order valence-corrected chi connectivity index (χ2v) is 8.56. The summed E-state index contributed by atoms with van der Waals surface area (Å²) in [4.78, 5) is 21.9. The molecule has 0 radical (unpaired) electrons. The fourth-order valence-corrected chi connectivity index (χ4v) is 4.19. The number of nitro groups is 1. The number of rotatable bonds is 8. The number of hydrogen-bond acceptors (Lipinski definition) is 7. The summed E-state index contributed by atoms with van der Waals surface area (Å²) >= 11 is 0. The summed E-state index contributed by atoms with van der Waals surface area (Å²) in [5.41, 5.74) is -0.520. The average molecular weight is 401 g/mol. The number of sulfonamides is 1. The lowest BCUT2D eigenvalue weighted by Gasteiger charge is -2.26. The van der Waals surface area contributed by atoms with Gasteiger partial charge in [0.15, 0.2) is 0 Å². The predicted molar refractivity (Wildman–Crippen MR) is 97.2 cm³/mol. The van der Waals surface area contributed by atoms with Crippen LogP contribution in [-0.2, 0) is 19.6 Å². The van der Waals surface area contributed by atoms with E-state index in [4.69, 9.17) is 4.74 Å². The molecular formula is C16H23N3O7S. The predicted octanol–water partition coefficient (Wildman–Crippen LogP) is 1.53. The molecule has 0 spiro atoms. The zero-order valence-corrected chi connectivity index (χ0v) is 15.9. The first-order chi connectivity index (χ1) is 12.6. The number of morpholine rings is 1. The molecule has 2 N–H and O–H groups in total. The van der Waals surface area contributed by atoms with Crippen molar-refractivity contribution < 1.29 is 28.0 Å². The highest BCUT2D eigenvalue weighted by atomic mass is 32.2. The van der Waals surface area contributed by atoms with E-state index < -0.39 is 32.6 Å². The fourth-order valence-electron chi connectivity index (χ4n) is 2.76. The Hall–Kier alpha value is -2.24. The van der Waals surface area contributed by atoms with E-state index in [-0.39, 0.29) is 49.2 Å². The Morgan fingerprint density at radius 2 is 2.00 bits per heavy atom. The van der Waals surface area contributed by atoms with Crippen molar-refractivity contribution in [3.63, 3.8) is 0 Å². The van der Waals surface area contributed by atoms with Crippen molar-refractivity contribution >= 4 is 27.4 Å². The largest absolute Gasteiger partial charge is 0.480 e. The minimum atomic E-state index is -3.89. The van der Waals surface area contributed by atoms with E-state index in [1.165, 1.54) is 16.4 Å². The maximum absolute atomic E-state index is 12.7. The van der Waals surface area contributed by atoms with Gasteiger partial charge < -0.3 is 15.2 Å². The van der Waals surface area contributed by atoms with E-state index in [9.17, 15) is 28.4 Å². The molecule has 1 heterocycles. The van der Waals surface area contributed by atoms with Gasteiger partial charge >= 0.3 is 5.97 Å². The van der Waals surface area contributed by atoms with Crippen molar-refractivity contribution in [2.45, 2.75) is 31.2 Å². The summed E-state index contributed by atoms with van der Waals surface area (Å²) in [5, 5.41) is 23.4. The molecule has 0 saturated carbocycles. The average Bonchev–Trinajstić information content (AvgIpc) is 2.61. The third-order valence-electron chi connectivity index (χ3n) is 4.11. The highest BCUT2D eigenvalue weighted by Gasteiger charge is 2.30. The summed E-state index contributed by atoms with van der Waals surface area (Å²) in [6, 6.07) is 2.42. The summed E-state index contributed by atoms with van der Waals surface area (Å²) in [7, 11) is -3.89. The van der Waals surface area contributed by atoms with Crippen LogP contribution in [0.1, 0.15) is 20.3 Å². The van der Waals surface area contributed by atoms with Gasteiger partial charge in [0.25, 0.3) is 5.69 Å². The first kappa shape index (κ1) is 21.1. The number of carboxylic acid groups (broad SMARTS) is 1. The van der Waals surface area contributed by atoms with Gasteiger partial charge in [0.05, 0.1) is 23.0 Å². The molecule has 1 aromatic rings. The van der Waals surface area contributed by atoms with Crippen LogP contribution in [0.4, 0.5) is 11.4 Å². The molecule has 0 bridgehead atoms. The van der Waals surface area contributed by atoms with Crippen molar-refractivity contribution in [2.24, 2.45) is 5.92 Å². The number of nitrogens with zero attached hydrogens (tertiary/aromatic N) is 2. The third-order valence-corrected chi connectivity index (χ3v) is 6.00. The van der Waals surface area contributed by atoms with Crippen molar-refractivity contribution in [1.29, 1.82) is 0 Å². The van der Waals surface area contributed by atoms with Gasteiger partial charge in [-0.15, -0.1) is 0 Å². The van der Waals surface area contributed by atoms with Crippen molar-refractivity contribution in [3.8, 4) is 0 Å². The quantitative estimate of drug-likeness (QED) is 0.494. The number of hydrogen-bond donors (Lipinski definition) is 2. The lowest BCUT2D eigenvalue weighted by molar-refractivity contribution is -0.384. The number of nitro benzene ring substituents is 1. The normalized spacial score (nSPS) is 16.9. The number of aliphatic carboxylic acids is 1. The number of nitrogens with one attached hydrogen (secondary N) is 1. The maximum atomic E-state index is 12.7. The standard InChI is InChI=1S/C16H23N3O7S/c1-11(2)9-14(16(20)21)17-13-4-3-12(10-15(13)19(22)23)27(24,25)18-5-7-26-8-6-18/h3-4,10-11,14,17H,5-9H2,1-2H3,(H,20,21). The zero-order valence-electron chi connectivity index (χ0n) is 15.1. The molecule has 10 nitrogen and oxygen atoms in total. The van der Waals surface area contributed by atoms with Gasteiger partial charge in [-0.25, -0.2) is 13.2 Å². The van der Waals surface area contributed by atoms with Crippen LogP contribution in [0.25, 0.3) is 0 Å². The molecule has 1 atom stereocenters. The molecular weight excluding hydrogens is 378 g/mol. The molecule has 1 aliphatic heterocycles. The summed E-state index contributed by atoms with van der Waals surface area (Å²) in [5.74, 6) is -1.08. The van der Waals surface area contributed by atoms with E-state index in [1.807, 2.05) is 13.8 Å². The van der Waals surface area contributed by atoms with Crippen LogP contribution in [0, 0.1) is 16.0 Å². The van der Waals surface area contributed by atoms with E-state index in [1.54, 1.807) is 0 Å². The lowest BCUT2D eigenvalue weighted by Crippen LogP contribution is -2.40. The van der Waals surface area contributed by atoms with Gasteiger partial charge in [0.1, 0.15) is 11.7 Å². The molecule has 1 unspecified atom stereocenters. The molecule has 1 fully saturated rings. The zero-order chi connectivity index (χ0) is 20.2. The Bertz CT molecular complexity index is 804. The molecule has 0 aliphatic carbocycles. The molecule has 27 heavy (non-hydrogen) atoms. The van der Waals surface area contributed by atoms with Crippen LogP contribution in [0.15, 0.2) is 23.1 Å². The van der Waals surface area contributed by atoms with E-state index >= 15 is 0 Å². The van der Waals surface area contributed by atoms with Crippen LogP contribution in [-0.4, -0.2) is 61.1 Å². The Kier molecular flexibility index (Phi) is 6.73. The molecule has 2 rings (SSSR count). The monoisotopic (exact) mass is 401 g/mol. The maximum Gasteiger partial charge on any atom is 0.326 e. The number of carbonyl (C=O) groups is 1. The smallest absolute Gasteiger partial charge is 0.326 e.